The minimum absolute atomic E-state index is 0.146. The number of piperidine rings is 1. The molecule has 7 heteroatoms. The quantitative estimate of drug-likeness (QED) is 0.191. The first kappa shape index (κ1) is 30.1. The molecule has 2 heterocycles. The van der Waals surface area contributed by atoms with Gasteiger partial charge in [0.2, 0.25) is 0 Å². The summed E-state index contributed by atoms with van der Waals surface area (Å²) in [5.74, 6) is 0.151. The number of rotatable bonds is 13. The summed E-state index contributed by atoms with van der Waals surface area (Å²) in [4.78, 5) is 16.4. The van der Waals surface area contributed by atoms with E-state index >= 15 is 4.39 Å². The third kappa shape index (κ3) is 8.55. The van der Waals surface area contributed by atoms with Crippen molar-refractivity contribution in [3.63, 3.8) is 0 Å². The number of nitrogens with zero attached hydrogens (tertiary/aromatic N) is 2. The van der Waals surface area contributed by atoms with E-state index in [2.05, 4.69) is 18.7 Å². The van der Waals surface area contributed by atoms with Gasteiger partial charge in [-0.1, -0.05) is 63.1 Å². The maximum Gasteiger partial charge on any atom is 0.410 e. The topological polar surface area (TPSA) is 51.2 Å². The van der Waals surface area contributed by atoms with E-state index in [4.69, 9.17) is 14.2 Å². The standard InChI is InChI=1S/C33H45FN2O4/c1-3-5-22-38-32(39-23-6-4-2)28-16-18-35(19-17-28)29-12-13-30(31(34)24-29)27-14-20-36(21-15-27)33(37)40-25-26-10-8-7-9-11-26/h7-14,24,28,32H,3-6,15-23,25H2,1-2H3. The van der Waals surface area contributed by atoms with Crippen LogP contribution in [0.25, 0.3) is 5.57 Å². The smallest absolute Gasteiger partial charge is 0.410 e. The summed E-state index contributed by atoms with van der Waals surface area (Å²) in [6, 6.07) is 15.2. The third-order valence-corrected chi connectivity index (χ3v) is 7.82. The Morgan fingerprint density at radius 1 is 0.975 bits per heavy atom. The number of ether oxygens (including phenoxy) is 3. The molecule has 6 nitrogen and oxygen atoms in total. The van der Waals surface area contributed by atoms with Crippen molar-refractivity contribution in [3.8, 4) is 0 Å². The number of hydrogen-bond donors (Lipinski definition) is 0. The van der Waals surface area contributed by atoms with E-state index in [1.54, 1.807) is 11.0 Å². The van der Waals surface area contributed by atoms with E-state index in [0.717, 1.165) is 81.7 Å². The highest BCUT2D eigenvalue weighted by Gasteiger charge is 2.28. The lowest BCUT2D eigenvalue weighted by Crippen LogP contribution is -2.40. The molecule has 0 aliphatic carbocycles. The number of amides is 1. The number of unbranched alkanes of at least 4 members (excludes halogenated alkanes) is 2. The zero-order valence-corrected chi connectivity index (χ0v) is 24.2. The first-order chi connectivity index (χ1) is 19.6. The van der Waals surface area contributed by atoms with Crippen LogP contribution in [0.4, 0.5) is 14.9 Å². The van der Waals surface area contributed by atoms with Crippen molar-refractivity contribution in [3.05, 3.63) is 71.6 Å². The van der Waals surface area contributed by atoms with Crippen LogP contribution in [-0.4, -0.2) is 56.7 Å². The van der Waals surface area contributed by atoms with Crippen molar-refractivity contribution in [2.24, 2.45) is 5.92 Å². The molecule has 1 amide bonds. The van der Waals surface area contributed by atoms with Gasteiger partial charge in [0, 0.05) is 56.6 Å². The number of carbonyl (C=O) groups excluding carboxylic acids is 1. The van der Waals surface area contributed by atoms with Gasteiger partial charge < -0.3 is 24.0 Å². The Labute approximate surface area is 239 Å². The highest BCUT2D eigenvalue weighted by molar-refractivity contribution is 5.73. The van der Waals surface area contributed by atoms with Crippen LogP contribution in [0, 0.1) is 11.7 Å². The van der Waals surface area contributed by atoms with Crippen molar-refractivity contribution in [1.29, 1.82) is 0 Å². The van der Waals surface area contributed by atoms with Crippen LogP contribution in [0.5, 0.6) is 0 Å². The molecule has 0 spiro atoms. The fourth-order valence-corrected chi connectivity index (χ4v) is 5.29. The second kappa shape index (κ2) is 15.8. The minimum atomic E-state index is -0.341. The molecule has 2 aromatic carbocycles. The summed E-state index contributed by atoms with van der Waals surface area (Å²) in [6.07, 6.45) is 8.29. The molecule has 2 aliphatic rings. The molecule has 1 saturated heterocycles. The normalized spacial score (nSPS) is 16.4. The Kier molecular flexibility index (Phi) is 11.9. The van der Waals surface area contributed by atoms with E-state index in [1.807, 2.05) is 48.5 Å². The van der Waals surface area contributed by atoms with Gasteiger partial charge in [-0.2, -0.15) is 0 Å². The number of benzene rings is 2. The van der Waals surface area contributed by atoms with Gasteiger partial charge >= 0.3 is 6.09 Å². The molecule has 0 unspecified atom stereocenters. The van der Waals surface area contributed by atoms with E-state index in [9.17, 15) is 4.79 Å². The predicted molar refractivity (Wildman–Crippen MR) is 158 cm³/mol. The fourth-order valence-electron chi connectivity index (χ4n) is 5.29. The molecular weight excluding hydrogens is 507 g/mol. The predicted octanol–water partition coefficient (Wildman–Crippen LogP) is 7.43. The van der Waals surface area contributed by atoms with Crippen molar-refractivity contribution < 1.29 is 23.4 Å². The summed E-state index contributed by atoms with van der Waals surface area (Å²) in [7, 11) is 0. The summed E-state index contributed by atoms with van der Waals surface area (Å²) in [5.41, 5.74) is 3.42. The number of anilines is 1. The van der Waals surface area contributed by atoms with E-state index in [-0.39, 0.29) is 24.8 Å². The van der Waals surface area contributed by atoms with Gasteiger partial charge in [0.1, 0.15) is 12.4 Å². The van der Waals surface area contributed by atoms with Crippen LogP contribution in [0.15, 0.2) is 54.6 Å². The summed E-state index contributed by atoms with van der Waals surface area (Å²) >= 11 is 0. The molecule has 0 N–H and O–H groups in total. The minimum Gasteiger partial charge on any atom is -0.445 e. The molecule has 0 aromatic heterocycles. The highest BCUT2D eigenvalue weighted by atomic mass is 19.1. The van der Waals surface area contributed by atoms with Gasteiger partial charge in [0.25, 0.3) is 0 Å². The molecule has 2 aromatic rings. The molecular formula is C33H45FN2O4. The maximum absolute atomic E-state index is 15.3. The lowest BCUT2D eigenvalue weighted by molar-refractivity contribution is -0.177. The zero-order valence-electron chi connectivity index (χ0n) is 24.2. The number of carbonyl (C=O) groups is 1. The Bertz CT molecular complexity index is 1080. The number of hydrogen-bond acceptors (Lipinski definition) is 5. The maximum atomic E-state index is 15.3. The van der Waals surface area contributed by atoms with Gasteiger partial charge in [0.05, 0.1) is 0 Å². The summed E-state index contributed by atoms with van der Waals surface area (Å²) in [5, 5.41) is 0. The Hall–Kier alpha value is -2.90. The lowest BCUT2D eigenvalue weighted by atomic mass is 9.94. The zero-order chi connectivity index (χ0) is 28.2. The average Bonchev–Trinajstić information content (AvgIpc) is 3.00. The van der Waals surface area contributed by atoms with Crippen molar-refractivity contribution in [1.82, 2.24) is 4.90 Å². The van der Waals surface area contributed by atoms with Gasteiger partial charge in [-0.15, -0.1) is 0 Å². The third-order valence-electron chi connectivity index (χ3n) is 7.82. The van der Waals surface area contributed by atoms with Crippen LogP contribution in [0.1, 0.15) is 69.9 Å². The van der Waals surface area contributed by atoms with Crippen molar-refractivity contribution in [2.45, 2.75) is 71.7 Å². The SMILES string of the molecule is CCCCOC(OCCCC)C1CCN(c2ccc(C3=CCN(C(=O)OCc4ccccc4)CC3)c(F)c2)CC1. The molecule has 0 atom stereocenters. The monoisotopic (exact) mass is 552 g/mol. The fraction of sp³-hybridized carbons (Fsp3) is 0.545. The molecule has 0 radical (unpaired) electrons. The van der Waals surface area contributed by atoms with Crippen molar-refractivity contribution in [2.75, 3.05) is 44.3 Å². The van der Waals surface area contributed by atoms with E-state index < -0.39 is 0 Å². The summed E-state index contributed by atoms with van der Waals surface area (Å²) in [6.45, 7) is 8.71. The van der Waals surface area contributed by atoms with E-state index in [1.165, 1.54) is 0 Å². The van der Waals surface area contributed by atoms with Gasteiger partial charge in [0.15, 0.2) is 6.29 Å². The van der Waals surface area contributed by atoms with Crippen LogP contribution in [0.3, 0.4) is 0 Å². The Morgan fingerprint density at radius 2 is 1.68 bits per heavy atom. The first-order valence-corrected chi connectivity index (χ1v) is 15.0. The second-order valence-electron chi connectivity index (χ2n) is 10.8. The molecule has 0 saturated carbocycles. The molecule has 4 rings (SSSR count). The van der Waals surface area contributed by atoms with Crippen LogP contribution in [-0.2, 0) is 20.8 Å². The van der Waals surface area contributed by atoms with Crippen LogP contribution in [0.2, 0.25) is 0 Å². The highest BCUT2D eigenvalue weighted by Crippen LogP contribution is 2.31. The number of halogens is 1. The Balaban J connectivity index is 1.28. The van der Waals surface area contributed by atoms with Gasteiger partial charge in [-0.3, -0.25) is 0 Å². The van der Waals surface area contributed by atoms with Crippen molar-refractivity contribution >= 4 is 17.4 Å². The van der Waals surface area contributed by atoms with Gasteiger partial charge in [-0.25, -0.2) is 9.18 Å². The largest absolute Gasteiger partial charge is 0.445 e. The van der Waals surface area contributed by atoms with E-state index in [0.29, 0.717) is 31.0 Å². The first-order valence-electron chi connectivity index (χ1n) is 15.0. The molecule has 1 fully saturated rings. The second-order valence-corrected chi connectivity index (χ2v) is 10.8. The Morgan fingerprint density at radius 3 is 2.27 bits per heavy atom. The molecule has 2 aliphatic heterocycles. The lowest BCUT2D eigenvalue weighted by Gasteiger charge is -2.37. The van der Waals surface area contributed by atoms with Gasteiger partial charge in [-0.05, 0) is 61.4 Å². The van der Waals surface area contributed by atoms with Crippen LogP contribution >= 0.6 is 0 Å². The average molecular weight is 553 g/mol. The molecule has 0 bridgehead atoms. The van der Waals surface area contributed by atoms with Crippen LogP contribution < -0.4 is 4.90 Å². The summed E-state index contributed by atoms with van der Waals surface area (Å²) < 4.78 is 33.0. The molecule has 40 heavy (non-hydrogen) atoms. The molecule has 218 valence electrons.